The van der Waals surface area contributed by atoms with Gasteiger partial charge in [0.2, 0.25) is 5.88 Å². The highest BCUT2D eigenvalue weighted by Gasteiger charge is 2.13. The van der Waals surface area contributed by atoms with Crippen molar-refractivity contribution in [2.24, 2.45) is 5.84 Å². The second-order valence-electron chi connectivity index (χ2n) is 3.96. The molecule has 0 aliphatic rings. The number of nitrogen functional groups attached to an aromatic ring is 1. The normalized spacial score (nSPS) is 10.2. The van der Waals surface area contributed by atoms with Gasteiger partial charge in [0.25, 0.3) is 5.69 Å². The van der Waals surface area contributed by atoms with Crippen molar-refractivity contribution in [1.82, 2.24) is 4.98 Å². The second kappa shape index (κ2) is 5.85. The zero-order valence-electron chi connectivity index (χ0n) is 10.5. The van der Waals surface area contributed by atoms with Crippen LogP contribution in [0.1, 0.15) is 5.56 Å². The highest BCUT2D eigenvalue weighted by molar-refractivity contribution is 9.10. The Balaban J connectivity index is 2.39. The third kappa shape index (κ3) is 3.22. The van der Waals surface area contributed by atoms with Crippen LogP contribution >= 0.6 is 15.9 Å². The Morgan fingerprint density at radius 2 is 2.15 bits per heavy atom. The number of nitrogens with one attached hydrogen (secondary N) is 1. The topological polar surface area (TPSA) is 103 Å². The van der Waals surface area contributed by atoms with Gasteiger partial charge in [-0.25, -0.2) is 5.84 Å². The minimum Gasteiger partial charge on any atom is -0.438 e. The number of hydrogen-bond donors (Lipinski definition) is 2. The summed E-state index contributed by atoms with van der Waals surface area (Å²) in [4.78, 5) is 14.3. The van der Waals surface area contributed by atoms with E-state index in [-0.39, 0.29) is 17.4 Å². The number of nitro groups is 1. The molecule has 2 aromatic rings. The maximum Gasteiger partial charge on any atom is 0.278 e. The second-order valence-corrected chi connectivity index (χ2v) is 4.88. The molecule has 0 aliphatic carbocycles. The van der Waals surface area contributed by atoms with Gasteiger partial charge >= 0.3 is 0 Å². The molecule has 0 aliphatic heterocycles. The van der Waals surface area contributed by atoms with Gasteiger partial charge in [-0.15, -0.1) is 0 Å². The summed E-state index contributed by atoms with van der Waals surface area (Å²) in [7, 11) is 0. The molecule has 0 amide bonds. The van der Waals surface area contributed by atoms with Crippen LogP contribution in [0.2, 0.25) is 0 Å². The van der Waals surface area contributed by atoms with E-state index in [1.165, 1.54) is 12.1 Å². The Morgan fingerprint density at radius 1 is 1.40 bits per heavy atom. The molecule has 8 heteroatoms. The lowest BCUT2D eigenvalue weighted by Crippen LogP contribution is -2.09. The van der Waals surface area contributed by atoms with Crippen LogP contribution in [0.15, 0.2) is 34.8 Å². The Bertz CT molecular complexity index is 663. The van der Waals surface area contributed by atoms with Gasteiger partial charge in [0.1, 0.15) is 5.75 Å². The molecule has 1 heterocycles. The molecule has 0 spiro atoms. The molecule has 2 rings (SSSR count). The van der Waals surface area contributed by atoms with Crippen LogP contribution in [0.5, 0.6) is 11.6 Å². The highest BCUT2D eigenvalue weighted by Crippen LogP contribution is 2.30. The number of pyridine rings is 1. The van der Waals surface area contributed by atoms with E-state index in [4.69, 9.17) is 10.6 Å². The van der Waals surface area contributed by atoms with Crippen LogP contribution in [0, 0.1) is 17.0 Å². The van der Waals surface area contributed by atoms with Crippen molar-refractivity contribution in [3.05, 3.63) is 50.5 Å². The summed E-state index contributed by atoms with van der Waals surface area (Å²) in [5.74, 6) is 6.03. The number of benzene rings is 1. The molecule has 20 heavy (non-hydrogen) atoms. The fourth-order valence-electron chi connectivity index (χ4n) is 1.52. The van der Waals surface area contributed by atoms with Crippen LogP contribution in [-0.4, -0.2) is 9.91 Å². The van der Waals surface area contributed by atoms with Gasteiger partial charge in [-0.3, -0.25) is 10.1 Å². The molecule has 0 bridgehead atoms. The van der Waals surface area contributed by atoms with Gasteiger partial charge in [0.15, 0.2) is 5.82 Å². The summed E-state index contributed by atoms with van der Waals surface area (Å²) in [6.45, 7) is 1.86. The number of aromatic nitrogens is 1. The molecule has 3 N–H and O–H groups in total. The predicted octanol–water partition coefficient (Wildman–Crippen LogP) is 3.14. The quantitative estimate of drug-likeness (QED) is 0.504. The molecule has 0 fully saturated rings. The van der Waals surface area contributed by atoms with E-state index in [1.54, 1.807) is 6.07 Å². The molecule has 0 radical (unpaired) electrons. The third-order valence-corrected chi connectivity index (χ3v) is 3.00. The Hall–Kier alpha value is -2.19. The average Bonchev–Trinajstić information content (AvgIpc) is 2.42. The smallest absolute Gasteiger partial charge is 0.278 e. The van der Waals surface area contributed by atoms with Crippen molar-refractivity contribution in [3.8, 4) is 11.6 Å². The van der Waals surface area contributed by atoms with Gasteiger partial charge in [-0.2, -0.15) is 4.98 Å². The number of rotatable bonds is 4. The number of aryl methyl sites for hydroxylation is 1. The van der Waals surface area contributed by atoms with Crippen LogP contribution in [0.3, 0.4) is 0 Å². The van der Waals surface area contributed by atoms with Crippen LogP contribution in [0.4, 0.5) is 11.5 Å². The first-order valence-corrected chi connectivity index (χ1v) is 6.36. The SMILES string of the molecule is Cc1ccc(Br)cc1Oc1cc([N+](=O)[O-])cc(NN)n1. The van der Waals surface area contributed by atoms with E-state index < -0.39 is 4.92 Å². The number of nitrogens with zero attached hydrogens (tertiary/aromatic N) is 2. The molecule has 0 saturated carbocycles. The average molecular weight is 339 g/mol. The standard InChI is InChI=1S/C12H11BrN4O3/c1-7-2-3-8(13)4-10(7)20-12-6-9(17(18)19)5-11(15-12)16-14/h2-6H,14H2,1H3,(H,15,16). The number of hydrazine groups is 1. The first-order valence-electron chi connectivity index (χ1n) is 5.56. The van der Waals surface area contributed by atoms with Crippen LogP contribution in [-0.2, 0) is 0 Å². The molecule has 0 atom stereocenters. The molecular formula is C12H11BrN4O3. The molecule has 0 unspecified atom stereocenters. The van der Waals surface area contributed by atoms with Crippen molar-refractivity contribution >= 4 is 27.4 Å². The molecule has 1 aromatic carbocycles. The lowest BCUT2D eigenvalue weighted by atomic mass is 10.2. The minimum atomic E-state index is -0.539. The number of halogens is 1. The zero-order valence-corrected chi connectivity index (χ0v) is 12.0. The van der Waals surface area contributed by atoms with Crippen molar-refractivity contribution < 1.29 is 9.66 Å². The number of ether oxygens (including phenoxy) is 1. The maximum absolute atomic E-state index is 10.8. The summed E-state index contributed by atoms with van der Waals surface area (Å²) in [6.07, 6.45) is 0. The van der Waals surface area contributed by atoms with Gasteiger partial charge in [0, 0.05) is 4.47 Å². The lowest BCUT2D eigenvalue weighted by molar-refractivity contribution is -0.384. The van der Waals surface area contributed by atoms with E-state index >= 15 is 0 Å². The van der Waals surface area contributed by atoms with Gasteiger partial charge in [0.05, 0.1) is 17.1 Å². The maximum atomic E-state index is 10.8. The number of nitrogens with two attached hydrogens (primary N) is 1. The fraction of sp³-hybridized carbons (Fsp3) is 0.0833. The van der Waals surface area contributed by atoms with Gasteiger partial charge < -0.3 is 10.2 Å². The first-order chi connectivity index (χ1) is 9.49. The van der Waals surface area contributed by atoms with E-state index in [0.717, 1.165) is 10.0 Å². The molecule has 0 saturated heterocycles. The lowest BCUT2D eigenvalue weighted by Gasteiger charge is -2.09. The monoisotopic (exact) mass is 338 g/mol. The molecule has 7 nitrogen and oxygen atoms in total. The Morgan fingerprint density at radius 3 is 2.80 bits per heavy atom. The summed E-state index contributed by atoms with van der Waals surface area (Å²) in [5.41, 5.74) is 2.99. The fourth-order valence-corrected chi connectivity index (χ4v) is 1.86. The zero-order chi connectivity index (χ0) is 14.7. The minimum absolute atomic E-state index is 0.0911. The summed E-state index contributed by atoms with van der Waals surface area (Å²) in [6, 6.07) is 7.95. The number of anilines is 1. The van der Waals surface area contributed by atoms with Crippen LogP contribution < -0.4 is 16.0 Å². The largest absolute Gasteiger partial charge is 0.438 e. The van der Waals surface area contributed by atoms with Crippen molar-refractivity contribution in [1.29, 1.82) is 0 Å². The van der Waals surface area contributed by atoms with Crippen LogP contribution in [0.25, 0.3) is 0 Å². The summed E-state index contributed by atoms with van der Waals surface area (Å²) >= 11 is 3.33. The van der Waals surface area contributed by atoms with E-state index in [0.29, 0.717) is 5.75 Å². The third-order valence-electron chi connectivity index (χ3n) is 2.51. The van der Waals surface area contributed by atoms with E-state index in [9.17, 15) is 10.1 Å². The van der Waals surface area contributed by atoms with E-state index in [2.05, 4.69) is 26.3 Å². The van der Waals surface area contributed by atoms with Crippen molar-refractivity contribution in [2.75, 3.05) is 5.43 Å². The Labute approximate surface area is 123 Å². The number of hydrogen-bond acceptors (Lipinski definition) is 6. The van der Waals surface area contributed by atoms with Gasteiger partial charge in [-0.1, -0.05) is 22.0 Å². The summed E-state index contributed by atoms with van der Waals surface area (Å²) < 4.78 is 6.42. The van der Waals surface area contributed by atoms with Crippen molar-refractivity contribution in [2.45, 2.75) is 6.92 Å². The molecular weight excluding hydrogens is 328 g/mol. The van der Waals surface area contributed by atoms with E-state index in [1.807, 2.05) is 19.1 Å². The Kier molecular flexibility index (Phi) is 4.16. The molecule has 104 valence electrons. The summed E-state index contributed by atoms with van der Waals surface area (Å²) in [5, 5.41) is 10.8. The predicted molar refractivity (Wildman–Crippen MR) is 77.7 cm³/mol. The first kappa shape index (κ1) is 14.2. The molecule has 1 aromatic heterocycles. The highest BCUT2D eigenvalue weighted by atomic mass is 79.9. The van der Waals surface area contributed by atoms with Gasteiger partial charge in [-0.05, 0) is 24.6 Å². The van der Waals surface area contributed by atoms with Crippen molar-refractivity contribution in [3.63, 3.8) is 0 Å².